The standard InChI is InChI=1S/C12H15F4NOS/c1-6-9(7-8(2)13)10(12(14,15)16)17-19(18)11(3,4)5/h6-7H,1-2H2,3-5H3/b9-7+,17-10-. The predicted molar refractivity (Wildman–Crippen MR) is 69.9 cm³/mol. The van der Waals surface area contributed by atoms with Gasteiger partial charge in [0.1, 0.15) is 16.8 Å². The third kappa shape index (κ3) is 5.96. The summed E-state index contributed by atoms with van der Waals surface area (Å²) < 4.78 is 65.1. The molecule has 0 aliphatic carbocycles. The summed E-state index contributed by atoms with van der Waals surface area (Å²) in [6, 6.07) is 0. The van der Waals surface area contributed by atoms with E-state index in [2.05, 4.69) is 17.6 Å². The molecule has 0 aliphatic rings. The molecule has 0 N–H and O–H groups in total. The van der Waals surface area contributed by atoms with Crippen LogP contribution in [0.3, 0.4) is 0 Å². The van der Waals surface area contributed by atoms with Crippen molar-refractivity contribution in [3.8, 4) is 0 Å². The molecule has 1 atom stereocenters. The van der Waals surface area contributed by atoms with E-state index in [-0.39, 0.29) is 0 Å². The molecule has 0 radical (unpaired) electrons. The molecule has 0 aromatic carbocycles. The zero-order valence-corrected chi connectivity index (χ0v) is 11.7. The molecule has 0 spiro atoms. The molecule has 19 heavy (non-hydrogen) atoms. The second kappa shape index (κ2) is 6.27. The van der Waals surface area contributed by atoms with Crippen LogP contribution in [0.2, 0.25) is 0 Å². The third-order valence-electron chi connectivity index (χ3n) is 1.77. The maximum atomic E-state index is 12.9. The highest BCUT2D eigenvalue weighted by Gasteiger charge is 2.39. The predicted octanol–water partition coefficient (Wildman–Crippen LogP) is 4.05. The first-order chi connectivity index (χ1) is 8.39. The number of alkyl halides is 3. The molecule has 0 rings (SSSR count). The normalized spacial score (nSPS) is 16.2. The van der Waals surface area contributed by atoms with Gasteiger partial charge in [-0.2, -0.15) is 17.6 Å². The topological polar surface area (TPSA) is 29.4 Å². The summed E-state index contributed by atoms with van der Waals surface area (Å²) in [5.74, 6) is -1.08. The van der Waals surface area contributed by atoms with Gasteiger partial charge in [0.2, 0.25) is 0 Å². The number of rotatable bonds is 4. The first kappa shape index (κ1) is 17.8. The minimum absolute atomic E-state index is 0.541. The highest BCUT2D eigenvalue weighted by Crippen LogP contribution is 2.26. The molecular weight excluding hydrogens is 282 g/mol. The highest BCUT2D eigenvalue weighted by molar-refractivity contribution is 7.85. The summed E-state index contributed by atoms with van der Waals surface area (Å²) in [6.45, 7) is 10.4. The Kier molecular flexibility index (Phi) is 5.86. The van der Waals surface area contributed by atoms with Crippen molar-refractivity contribution in [2.75, 3.05) is 0 Å². The zero-order chi connectivity index (χ0) is 15.4. The maximum absolute atomic E-state index is 12.9. The average Bonchev–Trinajstić information content (AvgIpc) is 2.19. The van der Waals surface area contributed by atoms with Crippen LogP contribution in [0.25, 0.3) is 0 Å². The fourth-order valence-electron chi connectivity index (χ4n) is 0.881. The number of halogens is 4. The van der Waals surface area contributed by atoms with Crippen molar-refractivity contribution in [3.63, 3.8) is 0 Å². The monoisotopic (exact) mass is 297 g/mol. The maximum Gasteiger partial charge on any atom is 0.434 e. The Balaban J connectivity index is 5.86. The molecule has 0 saturated carbocycles. The van der Waals surface area contributed by atoms with Gasteiger partial charge in [0.15, 0.2) is 5.71 Å². The van der Waals surface area contributed by atoms with Gasteiger partial charge in [-0.05, 0) is 26.8 Å². The third-order valence-corrected chi connectivity index (χ3v) is 3.17. The molecule has 0 fully saturated rings. The molecule has 7 heteroatoms. The lowest BCUT2D eigenvalue weighted by Gasteiger charge is -2.16. The molecule has 2 nitrogen and oxygen atoms in total. The van der Waals surface area contributed by atoms with Crippen LogP contribution in [-0.4, -0.2) is 20.8 Å². The van der Waals surface area contributed by atoms with Gasteiger partial charge in [0, 0.05) is 5.57 Å². The Hall–Kier alpha value is -1.24. The van der Waals surface area contributed by atoms with Crippen LogP contribution in [0.4, 0.5) is 17.6 Å². The van der Waals surface area contributed by atoms with E-state index in [1.165, 1.54) is 20.8 Å². The molecule has 0 heterocycles. The van der Waals surface area contributed by atoms with Crippen molar-refractivity contribution in [1.29, 1.82) is 0 Å². The van der Waals surface area contributed by atoms with Crippen LogP contribution in [-0.2, 0) is 11.0 Å². The molecule has 1 unspecified atom stereocenters. The number of allylic oxidation sites excluding steroid dienone is 4. The smallest absolute Gasteiger partial charge is 0.234 e. The molecule has 0 amide bonds. The number of hydrogen-bond acceptors (Lipinski definition) is 1. The summed E-state index contributed by atoms with van der Waals surface area (Å²) in [7, 11) is -2.12. The van der Waals surface area contributed by atoms with Gasteiger partial charge in [-0.25, -0.2) is 8.60 Å². The van der Waals surface area contributed by atoms with Gasteiger partial charge in [-0.15, -0.1) is 0 Å². The van der Waals surface area contributed by atoms with E-state index in [1.54, 1.807) is 0 Å². The lowest BCUT2D eigenvalue weighted by Crippen LogP contribution is -2.28. The largest absolute Gasteiger partial charge is 0.434 e. The van der Waals surface area contributed by atoms with E-state index < -0.39 is 39.0 Å². The van der Waals surface area contributed by atoms with Gasteiger partial charge >= 0.3 is 6.18 Å². The van der Waals surface area contributed by atoms with E-state index in [0.717, 1.165) is 6.08 Å². The summed E-state index contributed by atoms with van der Waals surface area (Å²) in [4.78, 5) is 0. The van der Waals surface area contributed by atoms with Crippen molar-refractivity contribution in [1.82, 2.24) is 0 Å². The van der Waals surface area contributed by atoms with Crippen molar-refractivity contribution >= 4 is 16.7 Å². The van der Waals surface area contributed by atoms with E-state index in [9.17, 15) is 21.8 Å². The van der Waals surface area contributed by atoms with Crippen molar-refractivity contribution < 1.29 is 21.8 Å². The second-order valence-electron chi connectivity index (χ2n) is 4.55. The van der Waals surface area contributed by atoms with Crippen LogP contribution in [0.5, 0.6) is 0 Å². The van der Waals surface area contributed by atoms with Gasteiger partial charge < -0.3 is 0 Å². The van der Waals surface area contributed by atoms with Crippen molar-refractivity contribution in [3.05, 3.63) is 36.7 Å². The van der Waals surface area contributed by atoms with Gasteiger partial charge in [-0.1, -0.05) is 19.2 Å². The van der Waals surface area contributed by atoms with Crippen molar-refractivity contribution in [2.24, 2.45) is 4.40 Å². The average molecular weight is 297 g/mol. The quantitative estimate of drug-likeness (QED) is 0.437. The minimum Gasteiger partial charge on any atom is -0.234 e. The Morgan fingerprint density at radius 3 is 2.00 bits per heavy atom. The molecular formula is C12H15F4NOS. The van der Waals surface area contributed by atoms with E-state index in [0.29, 0.717) is 6.08 Å². The molecule has 108 valence electrons. The Morgan fingerprint density at radius 1 is 1.26 bits per heavy atom. The van der Waals surface area contributed by atoms with Gasteiger partial charge in [0.25, 0.3) is 0 Å². The Labute approximate surface area is 112 Å². The van der Waals surface area contributed by atoms with Crippen LogP contribution < -0.4 is 0 Å². The van der Waals surface area contributed by atoms with E-state index in [1.807, 2.05) is 0 Å². The molecule has 0 bridgehead atoms. The number of nitrogens with zero attached hydrogens (tertiary/aromatic N) is 1. The van der Waals surface area contributed by atoms with Crippen LogP contribution in [0.15, 0.2) is 41.1 Å². The molecule has 0 aromatic rings. The van der Waals surface area contributed by atoms with E-state index >= 15 is 0 Å². The minimum atomic E-state index is -4.86. The van der Waals surface area contributed by atoms with Crippen molar-refractivity contribution in [2.45, 2.75) is 31.7 Å². The molecule has 0 saturated heterocycles. The summed E-state index contributed by atoms with van der Waals surface area (Å²) in [5, 5.41) is 0. The second-order valence-corrected chi connectivity index (χ2v) is 6.46. The van der Waals surface area contributed by atoms with Crippen LogP contribution >= 0.6 is 0 Å². The highest BCUT2D eigenvalue weighted by atomic mass is 32.2. The molecule has 0 aromatic heterocycles. The summed E-state index contributed by atoms with van der Waals surface area (Å²) >= 11 is 0. The first-order valence-electron chi connectivity index (χ1n) is 5.16. The van der Waals surface area contributed by atoms with Gasteiger partial charge in [-0.3, -0.25) is 0 Å². The zero-order valence-electron chi connectivity index (χ0n) is 10.8. The lowest BCUT2D eigenvalue weighted by molar-refractivity contribution is -0.0578. The fraction of sp³-hybridized carbons (Fsp3) is 0.417. The van der Waals surface area contributed by atoms with E-state index in [4.69, 9.17) is 0 Å². The SMILES string of the molecule is C=CC(=C\C(=C)F)/C(=N/S(=O)C(C)(C)C)C(F)(F)F. The van der Waals surface area contributed by atoms with Crippen LogP contribution in [0.1, 0.15) is 20.8 Å². The van der Waals surface area contributed by atoms with Gasteiger partial charge in [0.05, 0.1) is 4.75 Å². The molecule has 0 aliphatic heterocycles. The summed E-state index contributed by atoms with van der Waals surface area (Å²) in [5.41, 5.74) is -2.05. The van der Waals surface area contributed by atoms with Crippen LogP contribution in [0, 0.1) is 0 Å². The summed E-state index contributed by atoms with van der Waals surface area (Å²) in [6.07, 6.45) is -3.54. The number of hydrogen-bond donors (Lipinski definition) is 0. The first-order valence-corrected chi connectivity index (χ1v) is 6.27. The Bertz CT molecular complexity index is 455. The lowest BCUT2D eigenvalue weighted by atomic mass is 10.1. The Morgan fingerprint density at radius 2 is 1.74 bits per heavy atom. The fourth-order valence-corrected chi connectivity index (χ4v) is 1.53.